The summed E-state index contributed by atoms with van der Waals surface area (Å²) >= 11 is 1.51. The molecule has 1 amide bonds. The summed E-state index contributed by atoms with van der Waals surface area (Å²) in [6, 6.07) is 23.1. The second kappa shape index (κ2) is 6.98. The molecule has 1 aliphatic heterocycles. The van der Waals surface area contributed by atoms with E-state index in [-0.39, 0.29) is 12.7 Å². The van der Waals surface area contributed by atoms with Gasteiger partial charge < -0.3 is 9.47 Å². The minimum atomic E-state index is -0.124. The van der Waals surface area contributed by atoms with Crippen molar-refractivity contribution in [2.45, 2.75) is 6.54 Å². The maximum atomic E-state index is 13.4. The van der Waals surface area contributed by atoms with Crippen LogP contribution in [0.1, 0.15) is 15.9 Å². The average Bonchev–Trinajstić information content (AvgIpc) is 3.38. The van der Waals surface area contributed by atoms with Gasteiger partial charge in [0.25, 0.3) is 5.91 Å². The standard InChI is InChI=1S/C22H16N2O3S/c25-21(16-10-11-18-19(12-16)27-14-26-18)24(13-15-6-2-1-3-7-15)22-23-17-8-4-5-9-20(17)28-22/h1-12H,13-14H2. The molecule has 0 N–H and O–H groups in total. The van der Waals surface area contributed by atoms with Crippen LogP contribution in [0, 0.1) is 0 Å². The summed E-state index contributed by atoms with van der Waals surface area (Å²) in [4.78, 5) is 19.8. The second-order valence-corrected chi connectivity index (χ2v) is 7.42. The molecule has 0 aliphatic carbocycles. The van der Waals surface area contributed by atoms with E-state index in [0.29, 0.717) is 28.7 Å². The number of nitrogens with zero attached hydrogens (tertiary/aromatic N) is 2. The molecule has 28 heavy (non-hydrogen) atoms. The summed E-state index contributed by atoms with van der Waals surface area (Å²) in [7, 11) is 0. The van der Waals surface area contributed by atoms with Gasteiger partial charge in [0.2, 0.25) is 6.79 Å². The van der Waals surface area contributed by atoms with Gasteiger partial charge >= 0.3 is 0 Å². The number of thiazole rings is 1. The van der Waals surface area contributed by atoms with Gasteiger partial charge in [0, 0.05) is 5.56 Å². The number of benzene rings is 3. The Morgan fingerprint density at radius 1 is 0.964 bits per heavy atom. The minimum absolute atomic E-state index is 0.124. The van der Waals surface area contributed by atoms with E-state index in [1.807, 2.05) is 54.6 Å². The number of ether oxygens (including phenoxy) is 2. The maximum absolute atomic E-state index is 13.4. The lowest BCUT2D eigenvalue weighted by Crippen LogP contribution is -2.30. The number of aromatic nitrogens is 1. The quantitative estimate of drug-likeness (QED) is 0.500. The Kier molecular flexibility index (Phi) is 4.18. The van der Waals surface area contributed by atoms with Crippen LogP contribution in [0.25, 0.3) is 10.2 Å². The van der Waals surface area contributed by atoms with Gasteiger partial charge in [-0.1, -0.05) is 53.8 Å². The molecular formula is C22H16N2O3S. The van der Waals surface area contributed by atoms with Crippen molar-refractivity contribution in [1.82, 2.24) is 4.98 Å². The van der Waals surface area contributed by atoms with Crippen molar-refractivity contribution in [2.24, 2.45) is 0 Å². The van der Waals surface area contributed by atoms with Crippen LogP contribution in [-0.4, -0.2) is 17.7 Å². The van der Waals surface area contributed by atoms with Gasteiger partial charge in [0.15, 0.2) is 16.6 Å². The van der Waals surface area contributed by atoms with Crippen LogP contribution in [0.3, 0.4) is 0 Å². The lowest BCUT2D eigenvalue weighted by Gasteiger charge is -2.20. The van der Waals surface area contributed by atoms with Crippen molar-refractivity contribution in [3.8, 4) is 11.5 Å². The van der Waals surface area contributed by atoms with Crippen molar-refractivity contribution in [3.63, 3.8) is 0 Å². The highest BCUT2D eigenvalue weighted by Crippen LogP contribution is 2.35. The lowest BCUT2D eigenvalue weighted by molar-refractivity contribution is 0.0984. The molecule has 0 spiro atoms. The molecule has 0 radical (unpaired) electrons. The van der Waals surface area contributed by atoms with E-state index in [4.69, 9.17) is 14.5 Å². The summed E-state index contributed by atoms with van der Waals surface area (Å²) in [5, 5.41) is 0.674. The van der Waals surface area contributed by atoms with E-state index in [2.05, 4.69) is 0 Å². The van der Waals surface area contributed by atoms with E-state index >= 15 is 0 Å². The van der Waals surface area contributed by atoms with Gasteiger partial charge in [-0.05, 0) is 35.9 Å². The summed E-state index contributed by atoms with van der Waals surface area (Å²) in [6.07, 6.45) is 0. The molecule has 2 heterocycles. The number of carbonyl (C=O) groups excluding carboxylic acids is 1. The summed E-state index contributed by atoms with van der Waals surface area (Å²) in [5.74, 6) is 1.13. The van der Waals surface area contributed by atoms with Gasteiger partial charge in [-0.15, -0.1) is 0 Å². The lowest BCUT2D eigenvalue weighted by atomic mass is 10.1. The molecule has 0 fully saturated rings. The smallest absolute Gasteiger partial charge is 0.260 e. The number of para-hydroxylation sites is 1. The predicted molar refractivity (Wildman–Crippen MR) is 109 cm³/mol. The molecule has 138 valence electrons. The van der Waals surface area contributed by atoms with Crippen molar-refractivity contribution in [3.05, 3.63) is 83.9 Å². The van der Waals surface area contributed by atoms with Gasteiger partial charge in [0.1, 0.15) is 0 Å². The van der Waals surface area contributed by atoms with Gasteiger partial charge in [-0.25, -0.2) is 4.98 Å². The molecule has 1 aromatic heterocycles. The molecule has 4 aromatic rings. The maximum Gasteiger partial charge on any atom is 0.260 e. The fourth-order valence-electron chi connectivity index (χ4n) is 3.15. The van der Waals surface area contributed by atoms with Crippen molar-refractivity contribution in [2.75, 3.05) is 11.7 Å². The number of fused-ring (bicyclic) bond motifs is 2. The molecule has 0 unspecified atom stereocenters. The number of hydrogen-bond donors (Lipinski definition) is 0. The fourth-order valence-corrected chi connectivity index (χ4v) is 4.12. The molecule has 0 bridgehead atoms. The van der Waals surface area contributed by atoms with Gasteiger partial charge in [0.05, 0.1) is 16.8 Å². The predicted octanol–water partition coefficient (Wildman–Crippen LogP) is 4.87. The van der Waals surface area contributed by atoms with E-state index < -0.39 is 0 Å². The van der Waals surface area contributed by atoms with Crippen LogP contribution in [0.15, 0.2) is 72.8 Å². The third kappa shape index (κ3) is 3.08. The Hall–Kier alpha value is -3.38. The molecule has 5 rings (SSSR count). The molecule has 0 saturated heterocycles. The highest BCUT2D eigenvalue weighted by Gasteiger charge is 2.24. The number of carbonyl (C=O) groups is 1. The number of hydrogen-bond acceptors (Lipinski definition) is 5. The fraction of sp³-hybridized carbons (Fsp3) is 0.0909. The van der Waals surface area contributed by atoms with E-state index in [1.165, 1.54) is 11.3 Å². The molecule has 0 saturated carbocycles. The number of amides is 1. The van der Waals surface area contributed by atoms with Crippen molar-refractivity contribution >= 4 is 32.6 Å². The molecular weight excluding hydrogens is 372 g/mol. The first-order valence-corrected chi connectivity index (χ1v) is 9.70. The highest BCUT2D eigenvalue weighted by molar-refractivity contribution is 7.22. The van der Waals surface area contributed by atoms with Crippen LogP contribution >= 0.6 is 11.3 Å². The van der Waals surface area contributed by atoms with Crippen LogP contribution in [0.5, 0.6) is 11.5 Å². The van der Waals surface area contributed by atoms with Gasteiger partial charge in [-0.3, -0.25) is 9.69 Å². The topological polar surface area (TPSA) is 51.7 Å². The number of rotatable bonds is 4. The summed E-state index contributed by atoms with van der Waals surface area (Å²) in [5.41, 5.74) is 2.47. The Balaban J connectivity index is 1.55. The molecule has 1 aliphatic rings. The first kappa shape index (κ1) is 16.8. The Morgan fingerprint density at radius 2 is 1.75 bits per heavy atom. The van der Waals surface area contributed by atoms with Crippen LogP contribution in [-0.2, 0) is 6.54 Å². The monoisotopic (exact) mass is 388 g/mol. The molecule has 3 aromatic carbocycles. The van der Waals surface area contributed by atoms with E-state index in [1.54, 1.807) is 23.1 Å². The minimum Gasteiger partial charge on any atom is -0.454 e. The van der Waals surface area contributed by atoms with E-state index in [9.17, 15) is 4.79 Å². The average molecular weight is 388 g/mol. The zero-order valence-electron chi connectivity index (χ0n) is 14.9. The zero-order valence-corrected chi connectivity index (χ0v) is 15.7. The Morgan fingerprint density at radius 3 is 2.61 bits per heavy atom. The largest absolute Gasteiger partial charge is 0.454 e. The Bertz CT molecular complexity index is 1120. The van der Waals surface area contributed by atoms with Crippen molar-refractivity contribution < 1.29 is 14.3 Å². The van der Waals surface area contributed by atoms with Crippen LogP contribution in [0.4, 0.5) is 5.13 Å². The molecule has 0 atom stereocenters. The van der Waals surface area contributed by atoms with Gasteiger partial charge in [-0.2, -0.15) is 0 Å². The SMILES string of the molecule is O=C(c1ccc2c(c1)OCO2)N(Cc1ccccc1)c1nc2ccccc2s1. The summed E-state index contributed by atoms with van der Waals surface area (Å²) < 4.78 is 11.8. The molecule has 5 nitrogen and oxygen atoms in total. The third-order valence-corrected chi connectivity index (χ3v) is 5.62. The summed E-state index contributed by atoms with van der Waals surface area (Å²) in [6.45, 7) is 0.618. The zero-order chi connectivity index (χ0) is 18.9. The highest BCUT2D eigenvalue weighted by atomic mass is 32.1. The normalized spacial score (nSPS) is 12.3. The van der Waals surface area contributed by atoms with E-state index in [0.717, 1.165) is 15.8 Å². The first-order chi connectivity index (χ1) is 13.8. The van der Waals surface area contributed by atoms with Crippen molar-refractivity contribution in [1.29, 1.82) is 0 Å². The Labute approximate surface area is 165 Å². The molecule has 6 heteroatoms. The third-order valence-electron chi connectivity index (χ3n) is 4.56. The number of anilines is 1. The van der Waals surface area contributed by atoms with Crippen LogP contribution < -0.4 is 14.4 Å². The van der Waals surface area contributed by atoms with Crippen LogP contribution in [0.2, 0.25) is 0 Å². The first-order valence-electron chi connectivity index (χ1n) is 8.89. The second-order valence-electron chi connectivity index (χ2n) is 6.41.